The highest BCUT2D eigenvalue weighted by atomic mass is 16.5. The molecule has 1 amide bonds. The summed E-state index contributed by atoms with van der Waals surface area (Å²) in [7, 11) is 0. The molecule has 3 heterocycles. The Morgan fingerprint density at radius 2 is 1.77 bits per heavy atom. The van der Waals surface area contributed by atoms with Crippen LogP contribution in [0, 0.1) is 0 Å². The number of aliphatic hydroxyl groups excluding tert-OH is 1. The van der Waals surface area contributed by atoms with Crippen LogP contribution in [0.25, 0.3) is 16.8 Å². The first-order valence-electron chi connectivity index (χ1n) is 13.1. The van der Waals surface area contributed by atoms with Gasteiger partial charge in [0.1, 0.15) is 18.1 Å². The molecule has 1 fully saturated rings. The van der Waals surface area contributed by atoms with Crippen molar-refractivity contribution in [1.29, 1.82) is 0 Å². The summed E-state index contributed by atoms with van der Waals surface area (Å²) in [5.41, 5.74) is 5.49. The molecular formula is C31H29N5O3. The fraction of sp³-hybridized carbons (Fsp3) is 0.194. The number of piperidine rings is 1. The molecule has 2 N–H and O–H groups in total. The number of carbonyl (C=O) groups is 1. The molecule has 0 saturated carbocycles. The molecule has 0 atom stereocenters. The van der Waals surface area contributed by atoms with Crippen molar-refractivity contribution in [2.45, 2.75) is 25.6 Å². The predicted molar refractivity (Wildman–Crippen MR) is 151 cm³/mol. The van der Waals surface area contributed by atoms with Crippen LogP contribution in [0.2, 0.25) is 0 Å². The zero-order chi connectivity index (χ0) is 26.6. The molecule has 1 aliphatic rings. The SMILES string of the molecule is O=C(Nc1cccc(N2CCC(O)CC2)c1)c1ccn2ncc(-c3ccc(OCc4ccccc4)cc3)c2n1. The number of nitrogens with one attached hydrogen (secondary N) is 1. The fourth-order valence-electron chi connectivity index (χ4n) is 4.77. The molecule has 0 bridgehead atoms. The number of aliphatic hydroxyl groups is 1. The first kappa shape index (κ1) is 24.6. The molecule has 8 nitrogen and oxygen atoms in total. The first-order valence-corrected chi connectivity index (χ1v) is 13.1. The quantitative estimate of drug-likeness (QED) is 0.308. The van der Waals surface area contributed by atoms with E-state index in [-0.39, 0.29) is 12.0 Å². The number of fused-ring (bicyclic) bond motifs is 1. The lowest BCUT2D eigenvalue weighted by Gasteiger charge is -2.31. The Kier molecular flexibility index (Phi) is 6.93. The second-order valence-electron chi connectivity index (χ2n) is 9.66. The van der Waals surface area contributed by atoms with Gasteiger partial charge in [-0.25, -0.2) is 9.50 Å². The van der Waals surface area contributed by atoms with Crippen molar-refractivity contribution in [3.63, 3.8) is 0 Å². The highest BCUT2D eigenvalue weighted by Crippen LogP contribution is 2.27. The molecule has 2 aromatic heterocycles. The summed E-state index contributed by atoms with van der Waals surface area (Å²) < 4.78 is 7.57. The van der Waals surface area contributed by atoms with Gasteiger partial charge in [0, 0.05) is 36.2 Å². The van der Waals surface area contributed by atoms with Gasteiger partial charge >= 0.3 is 0 Å². The van der Waals surface area contributed by atoms with Crippen molar-refractivity contribution in [1.82, 2.24) is 14.6 Å². The normalized spacial score (nSPS) is 13.9. The number of ether oxygens (including phenoxy) is 1. The molecule has 5 aromatic rings. The van der Waals surface area contributed by atoms with Crippen LogP contribution in [0.15, 0.2) is 97.3 Å². The molecular weight excluding hydrogens is 490 g/mol. The minimum absolute atomic E-state index is 0.232. The monoisotopic (exact) mass is 519 g/mol. The van der Waals surface area contributed by atoms with E-state index < -0.39 is 0 Å². The van der Waals surface area contributed by atoms with Gasteiger partial charge in [-0.3, -0.25) is 4.79 Å². The average Bonchev–Trinajstić information content (AvgIpc) is 3.41. The lowest BCUT2D eigenvalue weighted by atomic mass is 10.1. The summed E-state index contributed by atoms with van der Waals surface area (Å²) in [5.74, 6) is 0.482. The van der Waals surface area contributed by atoms with E-state index in [1.165, 1.54) is 0 Å². The molecule has 196 valence electrons. The van der Waals surface area contributed by atoms with Crippen LogP contribution >= 0.6 is 0 Å². The standard InChI is InChI=1S/C31H29N5O3/c37-26-13-16-35(17-14-26)25-8-4-7-24(19-25)33-31(38)29-15-18-36-30(34-29)28(20-32-36)23-9-11-27(12-10-23)39-21-22-5-2-1-3-6-22/h1-12,15,18-20,26,37H,13-14,16-17,21H2,(H,33,38). The van der Waals surface area contributed by atoms with Crippen molar-refractivity contribution in [3.8, 4) is 16.9 Å². The summed E-state index contributed by atoms with van der Waals surface area (Å²) >= 11 is 0. The second kappa shape index (κ2) is 11.0. The van der Waals surface area contributed by atoms with Crippen LogP contribution in [-0.2, 0) is 6.61 Å². The van der Waals surface area contributed by atoms with E-state index >= 15 is 0 Å². The number of anilines is 2. The molecule has 0 aliphatic carbocycles. The molecule has 3 aromatic carbocycles. The van der Waals surface area contributed by atoms with Crippen LogP contribution in [0.3, 0.4) is 0 Å². The third-order valence-corrected chi connectivity index (χ3v) is 6.95. The van der Waals surface area contributed by atoms with Crippen molar-refractivity contribution < 1.29 is 14.6 Å². The Hall–Kier alpha value is -4.69. The van der Waals surface area contributed by atoms with E-state index in [0.29, 0.717) is 23.6 Å². The van der Waals surface area contributed by atoms with Gasteiger partial charge in [-0.15, -0.1) is 0 Å². The number of rotatable bonds is 7. The number of carbonyl (C=O) groups excluding carboxylic acids is 1. The Balaban J connectivity index is 1.17. The first-order chi connectivity index (χ1) is 19.1. The topological polar surface area (TPSA) is 92.0 Å². The fourth-order valence-corrected chi connectivity index (χ4v) is 4.77. The van der Waals surface area contributed by atoms with Gasteiger partial charge in [0.2, 0.25) is 0 Å². The van der Waals surface area contributed by atoms with E-state index in [1.54, 1.807) is 23.0 Å². The van der Waals surface area contributed by atoms with Crippen LogP contribution < -0.4 is 15.0 Å². The van der Waals surface area contributed by atoms with Gasteiger partial charge in [-0.05, 0) is 60.4 Å². The Morgan fingerprint density at radius 1 is 0.974 bits per heavy atom. The minimum atomic E-state index is -0.291. The van der Waals surface area contributed by atoms with Crippen molar-refractivity contribution in [2.24, 2.45) is 0 Å². The minimum Gasteiger partial charge on any atom is -0.489 e. The third kappa shape index (κ3) is 5.61. The number of benzene rings is 3. The third-order valence-electron chi connectivity index (χ3n) is 6.95. The van der Waals surface area contributed by atoms with E-state index in [4.69, 9.17) is 4.74 Å². The van der Waals surface area contributed by atoms with Gasteiger partial charge in [0.05, 0.1) is 12.3 Å². The highest BCUT2D eigenvalue weighted by molar-refractivity contribution is 6.03. The molecule has 6 rings (SSSR count). The summed E-state index contributed by atoms with van der Waals surface area (Å²) in [6.45, 7) is 2.09. The summed E-state index contributed by atoms with van der Waals surface area (Å²) in [6, 6.07) is 27.3. The van der Waals surface area contributed by atoms with Crippen molar-refractivity contribution >= 4 is 22.9 Å². The second-order valence-corrected chi connectivity index (χ2v) is 9.66. The molecule has 39 heavy (non-hydrogen) atoms. The highest BCUT2D eigenvalue weighted by Gasteiger charge is 2.18. The summed E-state index contributed by atoms with van der Waals surface area (Å²) in [6.07, 6.45) is 4.76. The van der Waals surface area contributed by atoms with Crippen LogP contribution in [0.5, 0.6) is 5.75 Å². The zero-order valence-electron chi connectivity index (χ0n) is 21.4. The van der Waals surface area contributed by atoms with E-state index in [9.17, 15) is 9.90 Å². The zero-order valence-corrected chi connectivity index (χ0v) is 21.4. The molecule has 0 spiro atoms. The van der Waals surface area contributed by atoms with E-state index in [1.807, 2.05) is 78.9 Å². The number of hydrogen-bond donors (Lipinski definition) is 2. The smallest absolute Gasteiger partial charge is 0.274 e. The number of amides is 1. The average molecular weight is 520 g/mol. The van der Waals surface area contributed by atoms with Crippen molar-refractivity contribution in [3.05, 3.63) is 109 Å². The molecule has 8 heteroatoms. The van der Waals surface area contributed by atoms with Crippen molar-refractivity contribution in [2.75, 3.05) is 23.3 Å². The lowest BCUT2D eigenvalue weighted by molar-refractivity contribution is 0.102. The van der Waals surface area contributed by atoms with Gasteiger partial charge in [-0.1, -0.05) is 48.5 Å². The van der Waals surface area contributed by atoms with Gasteiger partial charge < -0.3 is 20.1 Å². The van der Waals surface area contributed by atoms with Crippen LogP contribution in [-0.4, -0.2) is 44.8 Å². The van der Waals surface area contributed by atoms with E-state index in [0.717, 1.165) is 54.1 Å². The molecule has 1 saturated heterocycles. The van der Waals surface area contributed by atoms with Crippen LogP contribution in [0.4, 0.5) is 11.4 Å². The van der Waals surface area contributed by atoms with E-state index in [2.05, 4.69) is 20.3 Å². The number of hydrogen-bond acceptors (Lipinski definition) is 6. The number of aromatic nitrogens is 3. The maximum absolute atomic E-state index is 13.1. The Labute approximate surface area is 226 Å². The van der Waals surface area contributed by atoms with Crippen LogP contribution in [0.1, 0.15) is 28.9 Å². The Bertz CT molecular complexity index is 1580. The maximum atomic E-state index is 13.1. The predicted octanol–water partition coefficient (Wildman–Crippen LogP) is 5.19. The summed E-state index contributed by atoms with van der Waals surface area (Å²) in [4.78, 5) is 20.0. The van der Waals surface area contributed by atoms with Gasteiger partial charge in [0.25, 0.3) is 5.91 Å². The van der Waals surface area contributed by atoms with Gasteiger partial charge in [-0.2, -0.15) is 5.10 Å². The largest absolute Gasteiger partial charge is 0.489 e. The molecule has 0 radical (unpaired) electrons. The van der Waals surface area contributed by atoms with Gasteiger partial charge in [0.15, 0.2) is 5.65 Å². The molecule has 1 aliphatic heterocycles. The lowest BCUT2D eigenvalue weighted by Crippen LogP contribution is -2.35. The number of nitrogens with zero attached hydrogens (tertiary/aromatic N) is 4. The Morgan fingerprint density at radius 3 is 2.56 bits per heavy atom. The maximum Gasteiger partial charge on any atom is 0.274 e. The summed E-state index contributed by atoms with van der Waals surface area (Å²) in [5, 5.41) is 17.2. The molecule has 0 unspecified atom stereocenters.